The fourth-order valence-corrected chi connectivity index (χ4v) is 2.60. The molecule has 0 amide bonds. The molecule has 1 aromatic carbocycles. The predicted molar refractivity (Wildman–Crippen MR) is 65.1 cm³/mol. The number of carboxylic acid groups (broad SMARTS) is 1. The zero-order valence-electron chi connectivity index (χ0n) is 10.4. The van der Waals surface area contributed by atoms with Crippen LogP contribution in [0.5, 0.6) is 11.5 Å². The number of halogens is 1. The molecule has 1 saturated carbocycles. The molecule has 1 unspecified atom stereocenters. The SMILES string of the molecule is O=C(O)CC(c1ccc2c(c1F)OCCO2)C1CC1. The molecule has 1 fully saturated rings. The Balaban J connectivity index is 1.96. The Bertz CT molecular complexity index is 510. The third-order valence-corrected chi connectivity index (χ3v) is 3.66. The molecule has 0 spiro atoms. The fourth-order valence-electron chi connectivity index (χ4n) is 2.60. The number of benzene rings is 1. The summed E-state index contributed by atoms with van der Waals surface area (Å²) in [6.07, 6.45) is 1.89. The van der Waals surface area contributed by atoms with E-state index in [2.05, 4.69) is 0 Å². The van der Waals surface area contributed by atoms with Crippen molar-refractivity contribution >= 4 is 5.97 Å². The van der Waals surface area contributed by atoms with Gasteiger partial charge in [-0.3, -0.25) is 4.79 Å². The van der Waals surface area contributed by atoms with Gasteiger partial charge in [0, 0.05) is 5.92 Å². The summed E-state index contributed by atoms with van der Waals surface area (Å²) < 4.78 is 25.1. The zero-order chi connectivity index (χ0) is 13.4. The van der Waals surface area contributed by atoms with Crippen molar-refractivity contribution in [3.8, 4) is 11.5 Å². The van der Waals surface area contributed by atoms with Gasteiger partial charge in [-0.2, -0.15) is 0 Å². The van der Waals surface area contributed by atoms with Gasteiger partial charge in [0.25, 0.3) is 0 Å². The molecular formula is C14H15FO4. The van der Waals surface area contributed by atoms with Crippen LogP contribution in [0.25, 0.3) is 0 Å². The predicted octanol–water partition coefficient (Wildman–Crippen LogP) is 2.57. The van der Waals surface area contributed by atoms with Crippen LogP contribution in [0.2, 0.25) is 0 Å². The van der Waals surface area contributed by atoms with Crippen LogP contribution in [-0.2, 0) is 4.79 Å². The molecule has 1 heterocycles. The minimum atomic E-state index is -0.897. The molecule has 5 heteroatoms. The number of carbonyl (C=O) groups is 1. The first-order valence-electron chi connectivity index (χ1n) is 6.46. The quantitative estimate of drug-likeness (QED) is 0.910. The number of hydrogen-bond acceptors (Lipinski definition) is 3. The van der Waals surface area contributed by atoms with Crippen molar-refractivity contribution in [2.75, 3.05) is 13.2 Å². The average Bonchev–Trinajstić information content (AvgIpc) is 3.21. The van der Waals surface area contributed by atoms with Crippen LogP contribution in [0, 0.1) is 11.7 Å². The Morgan fingerprint density at radius 1 is 1.37 bits per heavy atom. The van der Waals surface area contributed by atoms with E-state index in [1.807, 2.05) is 0 Å². The average molecular weight is 266 g/mol. The van der Waals surface area contributed by atoms with Crippen molar-refractivity contribution in [3.63, 3.8) is 0 Å². The van der Waals surface area contributed by atoms with E-state index < -0.39 is 11.8 Å². The molecule has 0 radical (unpaired) electrons. The van der Waals surface area contributed by atoms with Gasteiger partial charge in [-0.15, -0.1) is 0 Å². The minimum Gasteiger partial charge on any atom is -0.486 e. The molecule has 1 aromatic rings. The van der Waals surface area contributed by atoms with E-state index in [4.69, 9.17) is 14.6 Å². The van der Waals surface area contributed by atoms with E-state index in [1.54, 1.807) is 12.1 Å². The van der Waals surface area contributed by atoms with Crippen LogP contribution in [-0.4, -0.2) is 24.3 Å². The smallest absolute Gasteiger partial charge is 0.303 e. The van der Waals surface area contributed by atoms with Gasteiger partial charge in [0.15, 0.2) is 17.3 Å². The second-order valence-electron chi connectivity index (χ2n) is 5.03. The Kier molecular flexibility index (Phi) is 3.05. The number of aliphatic carboxylic acids is 1. The highest BCUT2D eigenvalue weighted by Gasteiger charge is 2.36. The molecule has 1 aliphatic heterocycles. The lowest BCUT2D eigenvalue weighted by Crippen LogP contribution is -2.18. The summed E-state index contributed by atoms with van der Waals surface area (Å²) in [6, 6.07) is 3.30. The first kappa shape index (κ1) is 12.3. The largest absolute Gasteiger partial charge is 0.486 e. The molecule has 0 saturated heterocycles. The van der Waals surface area contributed by atoms with Gasteiger partial charge in [-0.05, 0) is 30.4 Å². The molecule has 1 N–H and O–H groups in total. The normalized spacial score (nSPS) is 19.0. The second kappa shape index (κ2) is 4.72. The summed E-state index contributed by atoms with van der Waals surface area (Å²) in [4.78, 5) is 10.9. The molecule has 3 rings (SSSR count). The van der Waals surface area contributed by atoms with E-state index in [0.29, 0.717) is 24.5 Å². The first-order valence-corrected chi connectivity index (χ1v) is 6.46. The van der Waals surface area contributed by atoms with Crippen LogP contribution in [0.15, 0.2) is 12.1 Å². The molecular weight excluding hydrogens is 251 g/mol. The van der Waals surface area contributed by atoms with Crippen LogP contribution in [0.4, 0.5) is 4.39 Å². The van der Waals surface area contributed by atoms with Gasteiger partial charge in [0.2, 0.25) is 0 Å². The van der Waals surface area contributed by atoms with E-state index in [1.165, 1.54) is 0 Å². The van der Waals surface area contributed by atoms with Gasteiger partial charge in [-0.25, -0.2) is 4.39 Å². The standard InChI is InChI=1S/C14H15FO4/c15-13-9(10(7-12(16)17)8-1-2-8)3-4-11-14(13)19-6-5-18-11/h3-4,8,10H,1-2,5-7H2,(H,16,17). The van der Waals surface area contributed by atoms with Crippen molar-refractivity contribution in [2.45, 2.75) is 25.2 Å². The van der Waals surface area contributed by atoms with Crippen LogP contribution >= 0.6 is 0 Å². The lowest BCUT2D eigenvalue weighted by molar-refractivity contribution is -0.137. The van der Waals surface area contributed by atoms with Crippen molar-refractivity contribution in [1.29, 1.82) is 0 Å². The lowest BCUT2D eigenvalue weighted by Gasteiger charge is -2.22. The number of carboxylic acids is 1. The third-order valence-electron chi connectivity index (χ3n) is 3.66. The van der Waals surface area contributed by atoms with Crippen molar-refractivity contribution in [3.05, 3.63) is 23.5 Å². The molecule has 0 bridgehead atoms. The monoisotopic (exact) mass is 266 g/mol. The highest BCUT2D eigenvalue weighted by atomic mass is 19.1. The Hall–Kier alpha value is -1.78. The maximum Gasteiger partial charge on any atom is 0.303 e. The number of hydrogen-bond donors (Lipinski definition) is 1. The molecule has 1 aliphatic carbocycles. The molecule has 0 aromatic heterocycles. The molecule has 2 aliphatic rings. The van der Waals surface area contributed by atoms with Crippen molar-refractivity contribution in [1.82, 2.24) is 0 Å². The molecule has 4 nitrogen and oxygen atoms in total. The van der Waals surface area contributed by atoms with E-state index in [-0.39, 0.29) is 24.0 Å². The van der Waals surface area contributed by atoms with Gasteiger partial charge < -0.3 is 14.6 Å². The zero-order valence-corrected chi connectivity index (χ0v) is 10.4. The molecule has 102 valence electrons. The second-order valence-corrected chi connectivity index (χ2v) is 5.03. The van der Waals surface area contributed by atoms with Gasteiger partial charge in [-0.1, -0.05) is 6.07 Å². The topological polar surface area (TPSA) is 55.8 Å². The minimum absolute atomic E-state index is 0.0404. The highest BCUT2D eigenvalue weighted by molar-refractivity contribution is 5.68. The Labute approximate surface area is 110 Å². The summed E-state index contributed by atoms with van der Waals surface area (Å²) in [5.41, 5.74) is 0.439. The van der Waals surface area contributed by atoms with E-state index in [9.17, 15) is 9.18 Å². The summed E-state index contributed by atoms with van der Waals surface area (Å²) in [5, 5.41) is 8.97. The van der Waals surface area contributed by atoms with Crippen molar-refractivity contribution < 1.29 is 23.8 Å². The number of fused-ring (bicyclic) bond motifs is 1. The van der Waals surface area contributed by atoms with Gasteiger partial charge >= 0.3 is 5.97 Å². The highest BCUT2D eigenvalue weighted by Crippen LogP contribution is 2.47. The third kappa shape index (κ3) is 2.37. The summed E-state index contributed by atoms with van der Waals surface area (Å²) >= 11 is 0. The van der Waals surface area contributed by atoms with Gasteiger partial charge in [0.05, 0.1) is 6.42 Å². The Morgan fingerprint density at radius 2 is 2.11 bits per heavy atom. The van der Waals surface area contributed by atoms with E-state index >= 15 is 0 Å². The number of ether oxygens (including phenoxy) is 2. The first-order chi connectivity index (χ1) is 9.16. The maximum atomic E-state index is 14.4. The van der Waals surface area contributed by atoms with E-state index in [0.717, 1.165) is 12.8 Å². The van der Waals surface area contributed by atoms with Crippen LogP contribution in [0.1, 0.15) is 30.7 Å². The Morgan fingerprint density at radius 3 is 2.79 bits per heavy atom. The van der Waals surface area contributed by atoms with Crippen LogP contribution in [0.3, 0.4) is 0 Å². The van der Waals surface area contributed by atoms with Crippen LogP contribution < -0.4 is 9.47 Å². The number of rotatable bonds is 4. The van der Waals surface area contributed by atoms with Gasteiger partial charge in [0.1, 0.15) is 13.2 Å². The summed E-state index contributed by atoms with van der Waals surface area (Å²) in [5.74, 6) is -0.833. The lowest BCUT2D eigenvalue weighted by atomic mass is 9.90. The summed E-state index contributed by atoms with van der Waals surface area (Å²) in [7, 11) is 0. The maximum absolute atomic E-state index is 14.4. The molecule has 19 heavy (non-hydrogen) atoms. The molecule has 1 atom stereocenters. The van der Waals surface area contributed by atoms with Crippen molar-refractivity contribution in [2.24, 2.45) is 5.92 Å². The fraction of sp³-hybridized carbons (Fsp3) is 0.500. The summed E-state index contributed by atoms with van der Waals surface area (Å²) in [6.45, 7) is 0.730.